The van der Waals surface area contributed by atoms with E-state index in [-0.39, 0.29) is 35.8 Å². The van der Waals surface area contributed by atoms with Crippen LogP contribution in [0.25, 0.3) is 0 Å². The molecule has 8 nitrogen and oxygen atoms in total. The quantitative estimate of drug-likeness (QED) is 0.282. The van der Waals surface area contributed by atoms with Crippen molar-refractivity contribution < 1.29 is 14.4 Å². The van der Waals surface area contributed by atoms with Gasteiger partial charge in [0, 0.05) is 55.6 Å². The summed E-state index contributed by atoms with van der Waals surface area (Å²) in [5, 5.41) is 6.06. The highest BCUT2D eigenvalue weighted by Gasteiger charge is 2.42. The van der Waals surface area contributed by atoms with Gasteiger partial charge in [-0.05, 0) is 76.8 Å². The molecule has 6 rings (SSSR count). The maximum Gasteiger partial charge on any atom is 0.322 e. The van der Waals surface area contributed by atoms with E-state index < -0.39 is 0 Å². The van der Waals surface area contributed by atoms with Crippen molar-refractivity contribution in [1.82, 2.24) is 10.6 Å². The van der Waals surface area contributed by atoms with Crippen molar-refractivity contribution in [2.45, 2.75) is 71.3 Å². The molecule has 3 aliphatic rings. The summed E-state index contributed by atoms with van der Waals surface area (Å²) in [5.41, 5.74) is 7.66. The molecule has 2 N–H and O–H groups in total. The first kappa shape index (κ1) is 30.7. The Balaban J connectivity index is 1.12. The molecule has 236 valence electrons. The van der Waals surface area contributed by atoms with Gasteiger partial charge in [-0.3, -0.25) is 14.6 Å². The van der Waals surface area contributed by atoms with E-state index in [1.165, 1.54) is 16.7 Å². The van der Waals surface area contributed by atoms with E-state index in [1.807, 2.05) is 34.1 Å². The molecule has 3 unspecified atom stereocenters. The summed E-state index contributed by atoms with van der Waals surface area (Å²) < 4.78 is 0. The summed E-state index contributed by atoms with van der Waals surface area (Å²) in [5.74, 6) is 1.15. The molecule has 0 aliphatic carbocycles. The molecule has 0 aromatic heterocycles. The van der Waals surface area contributed by atoms with Crippen LogP contribution in [0.5, 0.6) is 0 Å². The van der Waals surface area contributed by atoms with Crippen molar-refractivity contribution in [2.24, 2.45) is 5.92 Å². The van der Waals surface area contributed by atoms with E-state index >= 15 is 0 Å². The molecular weight excluding hydrogens is 562 g/mol. The highest BCUT2D eigenvalue weighted by atomic mass is 16.2. The van der Waals surface area contributed by atoms with Crippen LogP contribution >= 0.6 is 0 Å². The average molecular weight is 608 g/mol. The second-order valence-corrected chi connectivity index (χ2v) is 13.5. The van der Waals surface area contributed by atoms with Crippen LogP contribution in [0.3, 0.4) is 0 Å². The van der Waals surface area contributed by atoms with Crippen molar-refractivity contribution in [3.05, 3.63) is 89.0 Å². The van der Waals surface area contributed by atoms with Crippen LogP contribution < -0.4 is 25.3 Å². The van der Waals surface area contributed by atoms with Gasteiger partial charge >= 0.3 is 12.1 Å². The molecule has 3 fully saturated rings. The van der Waals surface area contributed by atoms with Crippen molar-refractivity contribution in [2.75, 3.05) is 40.9 Å². The zero-order valence-corrected chi connectivity index (χ0v) is 27.0. The molecule has 3 aromatic rings. The second-order valence-electron chi connectivity index (χ2n) is 13.5. The number of carbonyl (C=O) groups excluding carboxylic acids is 3. The smallest absolute Gasteiger partial charge is 0.322 e. The molecule has 3 aromatic carbocycles. The van der Waals surface area contributed by atoms with Crippen LogP contribution in [0, 0.1) is 5.92 Å². The van der Waals surface area contributed by atoms with Crippen LogP contribution in [0.4, 0.5) is 26.7 Å². The maximum atomic E-state index is 13.3. The largest absolute Gasteiger partial charge is 0.336 e. The van der Waals surface area contributed by atoms with Gasteiger partial charge in [-0.15, -0.1) is 0 Å². The molecule has 45 heavy (non-hydrogen) atoms. The van der Waals surface area contributed by atoms with Gasteiger partial charge in [0.05, 0.1) is 6.04 Å². The zero-order valence-electron chi connectivity index (χ0n) is 27.0. The number of benzene rings is 3. The Morgan fingerprint density at radius 1 is 0.733 bits per heavy atom. The third kappa shape index (κ3) is 6.28. The third-order valence-electron chi connectivity index (χ3n) is 9.71. The van der Waals surface area contributed by atoms with Gasteiger partial charge in [-0.2, -0.15) is 0 Å². The number of urea groups is 2. The zero-order chi connectivity index (χ0) is 31.8. The van der Waals surface area contributed by atoms with Gasteiger partial charge in [-0.25, -0.2) is 9.59 Å². The Hall–Kier alpha value is -4.33. The first-order chi connectivity index (χ1) is 21.6. The van der Waals surface area contributed by atoms with Gasteiger partial charge in [-0.1, -0.05) is 71.0 Å². The van der Waals surface area contributed by atoms with Gasteiger partial charge in [0.25, 0.3) is 0 Å². The van der Waals surface area contributed by atoms with Gasteiger partial charge < -0.3 is 15.5 Å². The van der Waals surface area contributed by atoms with Gasteiger partial charge in [0.2, 0.25) is 5.91 Å². The number of hydrogen-bond acceptors (Lipinski definition) is 3. The number of amides is 5. The van der Waals surface area contributed by atoms with Crippen LogP contribution in [0.15, 0.2) is 66.7 Å². The van der Waals surface area contributed by atoms with E-state index in [9.17, 15) is 14.4 Å². The minimum atomic E-state index is -0.0954. The minimum absolute atomic E-state index is 0.0406. The summed E-state index contributed by atoms with van der Waals surface area (Å²) in [6, 6.07) is 22.8. The van der Waals surface area contributed by atoms with Gasteiger partial charge in [0.15, 0.2) is 0 Å². The Morgan fingerprint density at radius 2 is 1.40 bits per heavy atom. The third-order valence-corrected chi connectivity index (χ3v) is 9.71. The normalized spacial score (nSPS) is 20.9. The van der Waals surface area contributed by atoms with E-state index in [1.54, 1.807) is 4.90 Å². The molecule has 0 saturated carbocycles. The molecule has 0 spiro atoms. The minimum Gasteiger partial charge on any atom is -0.336 e. The van der Waals surface area contributed by atoms with Crippen molar-refractivity contribution in [3.63, 3.8) is 0 Å². The molecule has 0 bridgehead atoms. The second kappa shape index (κ2) is 12.6. The standard InChI is InChI=1S/C37H45N5O3/c1-23(2)27-7-11-31(12-8-27)41-21-29(20-35(41)43)33-22-42(37(45)39-33)34-15-6-26(19-32(34)24(3)4)18-25(5)28-9-13-30(14-10-28)40-17-16-38-36(40)44/h6-15,19,23-25,29,33H,16-18,20-22H2,1-5H3,(H,38,44)(H,39,45). The number of anilines is 3. The number of nitrogens with one attached hydrogen (secondary N) is 2. The molecule has 8 heteroatoms. The number of rotatable bonds is 9. The van der Waals surface area contributed by atoms with Crippen molar-refractivity contribution >= 4 is 35.0 Å². The monoisotopic (exact) mass is 607 g/mol. The van der Waals surface area contributed by atoms with E-state index in [4.69, 9.17) is 0 Å². The lowest BCUT2D eigenvalue weighted by atomic mass is 9.90. The lowest BCUT2D eigenvalue weighted by molar-refractivity contribution is -0.117. The van der Waals surface area contributed by atoms with Crippen molar-refractivity contribution in [1.29, 1.82) is 0 Å². The van der Waals surface area contributed by atoms with Gasteiger partial charge in [0.1, 0.15) is 0 Å². The fourth-order valence-electron chi connectivity index (χ4n) is 6.94. The fraction of sp³-hybridized carbons (Fsp3) is 0.432. The maximum absolute atomic E-state index is 13.3. The van der Waals surface area contributed by atoms with Crippen LogP contribution in [0.2, 0.25) is 0 Å². The van der Waals surface area contributed by atoms with Crippen LogP contribution in [-0.2, 0) is 11.2 Å². The van der Waals surface area contributed by atoms with Crippen LogP contribution in [0.1, 0.15) is 81.0 Å². The first-order valence-corrected chi connectivity index (χ1v) is 16.4. The Bertz CT molecular complexity index is 1570. The van der Waals surface area contributed by atoms with E-state index in [0.29, 0.717) is 44.4 Å². The van der Waals surface area contributed by atoms with Crippen molar-refractivity contribution in [3.8, 4) is 0 Å². The van der Waals surface area contributed by atoms with E-state index in [2.05, 4.69) is 87.7 Å². The topological polar surface area (TPSA) is 85.0 Å². The molecule has 5 amide bonds. The predicted octanol–water partition coefficient (Wildman–Crippen LogP) is 6.76. The Labute approximate surface area is 266 Å². The molecule has 3 aliphatic heterocycles. The van der Waals surface area contributed by atoms with Crippen LogP contribution in [-0.4, -0.2) is 50.2 Å². The summed E-state index contributed by atoms with van der Waals surface area (Å²) in [7, 11) is 0. The van der Waals surface area contributed by atoms with E-state index in [0.717, 1.165) is 29.0 Å². The summed E-state index contributed by atoms with van der Waals surface area (Å²) in [6.07, 6.45) is 1.31. The average Bonchev–Trinajstić information content (AvgIpc) is 3.75. The molecule has 0 radical (unpaired) electrons. The molecule has 3 heterocycles. The molecule has 3 atom stereocenters. The number of carbonyl (C=O) groups is 3. The molecular formula is C37H45N5O3. The fourth-order valence-corrected chi connectivity index (χ4v) is 6.94. The number of nitrogens with zero attached hydrogens (tertiary/aromatic N) is 3. The predicted molar refractivity (Wildman–Crippen MR) is 180 cm³/mol. The SMILES string of the molecule is CC(C)c1ccc(N2CC(C3CN(c4ccc(CC(C)c5ccc(N6CCNC6=O)cc5)cc4C(C)C)C(=O)N3)CC2=O)cc1. The highest BCUT2D eigenvalue weighted by Crippen LogP contribution is 2.35. The molecule has 3 saturated heterocycles. The number of hydrogen-bond donors (Lipinski definition) is 2. The lowest BCUT2D eigenvalue weighted by Gasteiger charge is -2.23. The highest BCUT2D eigenvalue weighted by molar-refractivity contribution is 5.98. The summed E-state index contributed by atoms with van der Waals surface area (Å²) in [6.45, 7) is 13.4. The Kier molecular flexibility index (Phi) is 8.58. The lowest BCUT2D eigenvalue weighted by Crippen LogP contribution is -2.35. The Morgan fingerprint density at radius 3 is 2.02 bits per heavy atom. The summed E-state index contributed by atoms with van der Waals surface area (Å²) in [4.78, 5) is 43.9. The summed E-state index contributed by atoms with van der Waals surface area (Å²) >= 11 is 0. The first-order valence-electron chi connectivity index (χ1n) is 16.4.